The van der Waals surface area contributed by atoms with Gasteiger partial charge in [-0.25, -0.2) is 37.5 Å². The van der Waals surface area contributed by atoms with Crippen LogP contribution in [0.5, 0.6) is 0 Å². The molecule has 4 atom stereocenters. The number of halogens is 10. The zero-order chi connectivity index (χ0) is 42.6. The van der Waals surface area contributed by atoms with Crippen LogP contribution in [-0.2, 0) is 9.47 Å². The minimum absolute atomic E-state index is 0. The number of alkyl halides is 4. The van der Waals surface area contributed by atoms with Crippen LogP contribution >= 0.6 is 74.7 Å². The summed E-state index contributed by atoms with van der Waals surface area (Å²) in [5, 5.41) is 4.55. The second-order valence-electron chi connectivity index (χ2n) is 15.2. The molecule has 8 rings (SSSR count). The molecule has 2 aromatic carbocycles. The molecule has 6 heterocycles. The van der Waals surface area contributed by atoms with E-state index in [1.807, 2.05) is 11.8 Å². The SMILES string of the molecule is C.C[C@@H]1OCC2(CCN(c3ncc(-c4cccc(Cl)c4Cl)nc3C(F)F)CC2)[C@@H]1N.C[C@@H]1OCC2(CCNCC2)[C@@H]1N.Cl.FC(F)c1nc(-c2cccc(Cl)c2Cl)cnc1Br. The quantitative estimate of drug-likeness (QED) is 0.166. The first-order valence-electron chi connectivity index (χ1n) is 19.1. The average Bonchev–Trinajstić information content (AvgIpc) is 3.66. The van der Waals surface area contributed by atoms with E-state index in [1.165, 1.54) is 25.2 Å². The van der Waals surface area contributed by atoms with E-state index in [9.17, 15) is 17.6 Å². The molecule has 4 saturated heterocycles. The predicted octanol–water partition coefficient (Wildman–Crippen LogP) is 11.0. The van der Waals surface area contributed by atoms with Gasteiger partial charge in [0.15, 0.2) is 5.82 Å². The number of piperidine rings is 2. The second-order valence-corrected chi connectivity index (χ2v) is 17.6. The van der Waals surface area contributed by atoms with Crippen molar-refractivity contribution in [1.82, 2.24) is 25.3 Å². The van der Waals surface area contributed by atoms with Crippen molar-refractivity contribution in [1.29, 1.82) is 0 Å². The molecule has 2 aromatic heterocycles. The molecule has 4 aliphatic heterocycles. The van der Waals surface area contributed by atoms with Gasteiger partial charge in [-0.3, -0.25) is 0 Å². The molecule has 0 unspecified atom stereocenters. The molecule has 61 heavy (non-hydrogen) atoms. The van der Waals surface area contributed by atoms with Crippen LogP contribution < -0.4 is 21.7 Å². The summed E-state index contributed by atoms with van der Waals surface area (Å²) < 4.78 is 64.4. The molecule has 0 radical (unpaired) electrons. The van der Waals surface area contributed by atoms with E-state index in [2.05, 4.69) is 48.1 Å². The number of nitrogens with one attached hydrogen (secondary N) is 1. The first kappa shape index (κ1) is 51.5. The summed E-state index contributed by atoms with van der Waals surface area (Å²) in [5.74, 6) is 0.206. The number of hydrogen-bond acceptors (Lipinski definition) is 10. The topological polar surface area (TPSA) is 137 Å². The first-order chi connectivity index (χ1) is 28.1. The van der Waals surface area contributed by atoms with Crippen molar-refractivity contribution in [3.63, 3.8) is 0 Å². The van der Waals surface area contributed by atoms with E-state index in [0.29, 0.717) is 46.3 Å². The Morgan fingerprint density at radius 2 is 1.18 bits per heavy atom. The lowest BCUT2D eigenvalue weighted by molar-refractivity contribution is 0.0952. The van der Waals surface area contributed by atoms with Gasteiger partial charge in [-0.15, -0.1) is 12.4 Å². The minimum Gasteiger partial charge on any atom is -0.376 e. The Hall–Kier alpha value is -2.15. The molecule has 5 N–H and O–H groups in total. The Bertz CT molecular complexity index is 2080. The Labute approximate surface area is 388 Å². The largest absolute Gasteiger partial charge is 0.376 e. The zero-order valence-electron chi connectivity index (χ0n) is 32.7. The van der Waals surface area contributed by atoms with E-state index in [1.54, 1.807) is 36.4 Å². The lowest BCUT2D eigenvalue weighted by atomic mass is 9.73. The highest BCUT2D eigenvalue weighted by Crippen LogP contribution is 2.44. The van der Waals surface area contributed by atoms with Crippen molar-refractivity contribution < 1.29 is 27.0 Å². The molecule has 4 aliphatic rings. The van der Waals surface area contributed by atoms with Gasteiger partial charge in [-0.1, -0.05) is 78.1 Å². The zero-order valence-corrected chi connectivity index (χ0v) is 38.1. The van der Waals surface area contributed by atoms with Crippen LogP contribution in [0, 0.1) is 10.8 Å². The summed E-state index contributed by atoms with van der Waals surface area (Å²) in [5.41, 5.74) is 13.4. The number of hydrogen-bond donors (Lipinski definition) is 3. The van der Waals surface area contributed by atoms with E-state index >= 15 is 0 Å². The van der Waals surface area contributed by atoms with Crippen molar-refractivity contribution in [2.24, 2.45) is 22.3 Å². The highest BCUT2D eigenvalue weighted by atomic mass is 79.9. The summed E-state index contributed by atoms with van der Waals surface area (Å²) >= 11 is 27.0. The molecule has 0 aliphatic carbocycles. The molecule has 4 fully saturated rings. The third-order valence-corrected chi connectivity index (χ3v) is 14.0. The van der Waals surface area contributed by atoms with Crippen molar-refractivity contribution in [3.8, 4) is 22.5 Å². The molecular weight excluding hydrogens is 970 g/mol. The number of aromatic nitrogens is 4. The van der Waals surface area contributed by atoms with Crippen LogP contribution in [0.1, 0.15) is 71.2 Å². The van der Waals surface area contributed by atoms with Crippen LogP contribution in [0.15, 0.2) is 53.4 Å². The number of nitrogens with zero attached hydrogens (tertiary/aromatic N) is 5. The summed E-state index contributed by atoms with van der Waals surface area (Å²) in [4.78, 5) is 18.0. The van der Waals surface area contributed by atoms with Gasteiger partial charge >= 0.3 is 0 Å². The summed E-state index contributed by atoms with van der Waals surface area (Å²) in [6.07, 6.45) is 1.51. The fourth-order valence-electron chi connectivity index (χ4n) is 8.01. The van der Waals surface area contributed by atoms with Gasteiger partial charge in [0.2, 0.25) is 0 Å². The van der Waals surface area contributed by atoms with Gasteiger partial charge in [-0.05, 0) is 80.7 Å². The smallest absolute Gasteiger partial charge is 0.284 e. The van der Waals surface area contributed by atoms with Crippen molar-refractivity contribution in [2.75, 3.05) is 44.3 Å². The molecule has 10 nitrogen and oxygen atoms in total. The van der Waals surface area contributed by atoms with Crippen LogP contribution in [0.25, 0.3) is 22.5 Å². The summed E-state index contributed by atoms with van der Waals surface area (Å²) in [6, 6.07) is 10.1. The highest BCUT2D eigenvalue weighted by molar-refractivity contribution is 9.10. The molecule has 0 saturated carbocycles. The molecular formula is C41H50BrCl5F4N8O2. The molecule has 336 valence electrons. The third kappa shape index (κ3) is 11.4. The molecule has 0 amide bonds. The number of nitrogens with two attached hydrogens (primary N) is 2. The number of benzene rings is 2. The van der Waals surface area contributed by atoms with Crippen molar-refractivity contribution in [2.45, 2.75) is 84.1 Å². The van der Waals surface area contributed by atoms with Crippen LogP contribution in [-0.4, -0.2) is 83.6 Å². The molecule has 2 spiro atoms. The van der Waals surface area contributed by atoms with Crippen molar-refractivity contribution in [3.05, 3.63) is 84.9 Å². The maximum Gasteiger partial charge on any atom is 0.284 e. The molecule has 0 bridgehead atoms. The Morgan fingerprint density at radius 3 is 1.62 bits per heavy atom. The van der Waals surface area contributed by atoms with Gasteiger partial charge in [-0.2, -0.15) is 0 Å². The van der Waals surface area contributed by atoms with Gasteiger partial charge in [0, 0.05) is 47.1 Å². The molecule has 20 heteroatoms. The van der Waals surface area contributed by atoms with Crippen LogP contribution in [0.2, 0.25) is 20.1 Å². The van der Waals surface area contributed by atoms with Gasteiger partial charge in [0.1, 0.15) is 16.0 Å². The number of rotatable bonds is 5. The van der Waals surface area contributed by atoms with Crippen LogP contribution in [0.4, 0.5) is 23.4 Å². The Balaban J connectivity index is 0.000000219. The van der Waals surface area contributed by atoms with E-state index < -0.39 is 18.5 Å². The number of anilines is 1. The lowest BCUT2D eigenvalue weighted by Crippen LogP contribution is -2.51. The minimum atomic E-state index is -2.76. The second kappa shape index (κ2) is 22.2. The van der Waals surface area contributed by atoms with Gasteiger partial charge in [0.05, 0.1) is 69.3 Å². The van der Waals surface area contributed by atoms with Gasteiger partial charge < -0.3 is 31.2 Å². The summed E-state index contributed by atoms with van der Waals surface area (Å²) in [6.45, 7) is 8.91. The first-order valence-corrected chi connectivity index (χ1v) is 21.4. The predicted molar refractivity (Wildman–Crippen MR) is 242 cm³/mol. The third-order valence-electron chi connectivity index (χ3n) is 11.8. The van der Waals surface area contributed by atoms with E-state index in [0.717, 1.165) is 32.5 Å². The maximum atomic E-state index is 13.8. The standard InChI is InChI=1S/C20H22Cl2F2N4O.C11H5BrCl2F2N2.C9H18N2O.CH4.ClH/c1-11-17(25)20(10-29-11)5-7-28(8-6-20)19-16(18(23)24)27-14(9-26-19)12-3-2-4-13(21)15(12)22;12-10-9(11(15)16)18-7(4-17-10)5-2-1-3-6(13)8(5)14;1-7-8(10)9(6-12-7)2-4-11-5-3-9;;/h2-4,9,11,17-18H,5-8,10,25H2,1H3;1-4,11H;7-8,11H,2-6,10H2,1H3;1H4;1H/t11-,17+;;7-,8+;;/m0.0../s1. The number of ether oxygens (including phenoxy) is 2. The maximum absolute atomic E-state index is 13.8. The fraction of sp³-hybridized carbons (Fsp3) is 0.512. The van der Waals surface area contributed by atoms with Crippen molar-refractivity contribution >= 4 is 80.6 Å². The molecule has 4 aromatic rings. The fourth-order valence-corrected chi connectivity index (χ4v) is 9.17. The average molecular weight is 1020 g/mol. The lowest BCUT2D eigenvalue weighted by Gasteiger charge is -2.41. The van der Waals surface area contributed by atoms with E-state index in [-0.39, 0.29) is 87.1 Å². The summed E-state index contributed by atoms with van der Waals surface area (Å²) in [7, 11) is 0. The Morgan fingerprint density at radius 1 is 0.738 bits per heavy atom. The van der Waals surface area contributed by atoms with Crippen LogP contribution in [0.3, 0.4) is 0 Å². The van der Waals surface area contributed by atoms with Gasteiger partial charge in [0.25, 0.3) is 12.9 Å². The Kier molecular flexibility index (Phi) is 18.7. The highest BCUT2D eigenvalue weighted by Gasteiger charge is 2.48. The monoisotopic (exact) mass is 1020 g/mol. The van der Waals surface area contributed by atoms with E-state index in [4.69, 9.17) is 67.3 Å². The normalized spacial score (nSPS) is 22.6.